The van der Waals surface area contributed by atoms with Crippen molar-refractivity contribution < 1.29 is 0 Å². The fourth-order valence-electron chi connectivity index (χ4n) is 9.17. The average molecular weight is 664 g/mol. The van der Waals surface area contributed by atoms with E-state index in [2.05, 4.69) is 207 Å². The molecule has 0 atom stereocenters. The zero-order valence-electron chi connectivity index (χ0n) is 29.3. The lowest BCUT2D eigenvalue weighted by Gasteiger charge is -2.32. The van der Waals surface area contributed by atoms with Gasteiger partial charge in [0, 0.05) is 11.4 Å². The molecule has 1 heteroatoms. The van der Waals surface area contributed by atoms with Crippen molar-refractivity contribution >= 4 is 17.1 Å². The highest BCUT2D eigenvalue weighted by molar-refractivity contribution is 5.97. The van der Waals surface area contributed by atoms with Crippen LogP contribution in [-0.4, -0.2) is 0 Å². The third-order valence-electron chi connectivity index (χ3n) is 11.3. The van der Waals surface area contributed by atoms with Gasteiger partial charge in [0.25, 0.3) is 0 Å². The first kappa shape index (κ1) is 30.4. The Labute approximate surface area is 306 Å². The lowest BCUT2D eigenvalue weighted by molar-refractivity contribution is 0.794. The van der Waals surface area contributed by atoms with E-state index in [1.807, 2.05) is 0 Å². The zero-order chi connectivity index (χ0) is 34.8. The number of rotatable bonds is 5. The van der Waals surface area contributed by atoms with E-state index in [4.69, 9.17) is 0 Å². The molecule has 2 aliphatic rings. The topological polar surface area (TPSA) is 3.24 Å². The number of benzene rings is 8. The molecule has 10 rings (SSSR count). The van der Waals surface area contributed by atoms with Crippen LogP contribution in [0.2, 0.25) is 0 Å². The number of nitrogens with zero attached hydrogens (tertiary/aromatic N) is 1. The maximum absolute atomic E-state index is 2.47. The van der Waals surface area contributed by atoms with Crippen LogP contribution in [0.4, 0.5) is 17.1 Å². The maximum atomic E-state index is 2.47. The first-order valence-corrected chi connectivity index (χ1v) is 18.2. The number of fused-ring (bicyclic) bond motifs is 10. The molecule has 0 heterocycles. The van der Waals surface area contributed by atoms with Gasteiger partial charge in [-0.2, -0.15) is 0 Å². The molecule has 246 valence electrons. The largest absolute Gasteiger partial charge is 0.310 e. The van der Waals surface area contributed by atoms with Gasteiger partial charge < -0.3 is 4.90 Å². The Morgan fingerprint density at radius 2 is 0.731 bits per heavy atom. The highest BCUT2D eigenvalue weighted by Crippen LogP contribution is 2.63. The Morgan fingerprint density at radius 3 is 1.27 bits per heavy atom. The highest BCUT2D eigenvalue weighted by atomic mass is 15.1. The summed E-state index contributed by atoms with van der Waals surface area (Å²) in [6.45, 7) is 4.51. The van der Waals surface area contributed by atoms with Gasteiger partial charge in [0.2, 0.25) is 0 Å². The highest BCUT2D eigenvalue weighted by Gasteiger charge is 2.51. The van der Waals surface area contributed by atoms with Crippen LogP contribution in [-0.2, 0) is 5.41 Å². The van der Waals surface area contributed by atoms with Crippen LogP contribution in [0.1, 0.15) is 33.4 Å². The van der Waals surface area contributed by atoms with Gasteiger partial charge in [0.1, 0.15) is 0 Å². The smallest absolute Gasteiger partial charge is 0.0725 e. The normalized spacial score (nSPS) is 13.0. The van der Waals surface area contributed by atoms with Crippen LogP contribution in [0, 0.1) is 13.8 Å². The van der Waals surface area contributed by atoms with Crippen LogP contribution in [0.25, 0.3) is 44.5 Å². The van der Waals surface area contributed by atoms with Crippen LogP contribution in [0.5, 0.6) is 0 Å². The molecule has 1 nitrogen and oxygen atoms in total. The maximum Gasteiger partial charge on any atom is 0.0725 e. The molecule has 0 N–H and O–H groups in total. The first-order chi connectivity index (χ1) is 25.6. The molecule has 8 aromatic carbocycles. The standard InChI is InChI=1S/C51H37N/c1-34-31-39(37-17-7-4-8-18-37)32-35(2)50(34)52(40-27-25-38(26-28-40)36-15-5-3-6-16-36)41-29-30-49-45(33-41)44-21-11-14-24-48(44)51(49)46-22-12-9-19-42(46)43-20-10-13-23-47(43)51/h3-33H,1-2H3. The lowest BCUT2D eigenvalue weighted by Crippen LogP contribution is -2.25. The molecule has 0 unspecified atom stereocenters. The van der Waals surface area contributed by atoms with Gasteiger partial charge in [0.05, 0.1) is 11.1 Å². The van der Waals surface area contributed by atoms with Crippen molar-refractivity contribution in [3.05, 3.63) is 221 Å². The predicted octanol–water partition coefficient (Wildman–Crippen LogP) is 13.5. The fourth-order valence-corrected chi connectivity index (χ4v) is 9.17. The molecule has 0 saturated carbocycles. The number of aryl methyl sites for hydroxylation is 2. The van der Waals surface area contributed by atoms with E-state index in [0.717, 1.165) is 11.4 Å². The molecule has 0 aromatic heterocycles. The molecule has 0 saturated heterocycles. The van der Waals surface area contributed by atoms with E-state index in [0.29, 0.717) is 0 Å². The van der Waals surface area contributed by atoms with Crippen LogP contribution >= 0.6 is 0 Å². The molecule has 0 radical (unpaired) electrons. The minimum Gasteiger partial charge on any atom is -0.310 e. The van der Waals surface area contributed by atoms with E-state index in [1.165, 1.54) is 83.6 Å². The molecular weight excluding hydrogens is 627 g/mol. The molecule has 2 aliphatic carbocycles. The average Bonchev–Trinajstić information content (AvgIpc) is 3.67. The summed E-state index contributed by atoms with van der Waals surface area (Å²) < 4.78 is 0. The quantitative estimate of drug-likeness (QED) is 0.177. The second-order valence-electron chi connectivity index (χ2n) is 14.2. The summed E-state index contributed by atoms with van der Waals surface area (Å²) in [5.74, 6) is 0. The molecule has 0 aliphatic heterocycles. The van der Waals surface area contributed by atoms with Gasteiger partial charge >= 0.3 is 0 Å². The number of hydrogen-bond acceptors (Lipinski definition) is 1. The minimum absolute atomic E-state index is 0.358. The van der Waals surface area contributed by atoms with Crippen LogP contribution < -0.4 is 4.90 Å². The van der Waals surface area contributed by atoms with Crippen molar-refractivity contribution in [2.24, 2.45) is 0 Å². The Bertz CT molecular complexity index is 2560. The Balaban J connectivity index is 1.19. The van der Waals surface area contributed by atoms with Crippen LogP contribution in [0.3, 0.4) is 0 Å². The van der Waals surface area contributed by atoms with Crippen LogP contribution in [0.15, 0.2) is 188 Å². The summed E-state index contributed by atoms with van der Waals surface area (Å²) in [6.07, 6.45) is 0. The summed E-state index contributed by atoms with van der Waals surface area (Å²) in [7, 11) is 0. The SMILES string of the molecule is Cc1cc(-c2ccccc2)cc(C)c1N(c1ccc(-c2ccccc2)cc1)c1ccc2c(c1)-c1ccccc1C21c2ccccc2-c2ccccc21. The van der Waals surface area contributed by atoms with Crippen molar-refractivity contribution in [2.45, 2.75) is 19.3 Å². The number of anilines is 3. The third-order valence-corrected chi connectivity index (χ3v) is 11.3. The Morgan fingerprint density at radius 1 is 0.327 bits per heavy atom. The van der Waals surface area contributed by atoms with Crippen molar-refractivity contribution in [3.8, 4) is 44.5 Å². The van der Waals surface area contributed by atoms with Gasteiger partial charge in [-0.25, -0.2) is 0 Å². The lowest BCUT2D eigenvalue weighted by atomic mass is 9.70. The van der Waals surface area contributed by atoms with Crippen molar-refractivity contribution in [1.82, 2.24) is 0 Å². The van der Waals surface area contributed by atoms with Gasteiger partial charge in [-0.1, -0.05) is 152 Å². The van der Waals surface area contributed by atoms with E-state index in [1.54, 1.807) is 0 Å². The van der Waals surface area contributed by atoms with Crippen molar-refractivity contribution in [3.63, 3.8) is 0 Å². The molecule has 0 amide bonds. The minimum atomic E-state index is -0.358. The summed E-state index contributed by atoms with van der Waals surface area (Å²) in [5.41, 5.74) is 21.2. The van der Waals surface area contributed by atoms with E-state index in [9.17, 15) is 0 Å². The van der Waals surface area contributed by atoms with Gasteiger partial charge in [0.15, 0.2) is 0 Å². The van der Waals surface area contributed by atoms with E-state index >= 15 is 0 Å². The summed E-state index contributed by atoms with van der Waals surface area (Å²) in [5, 5.41) is 0. The molecular formula is C51H37N. The summed E-state index contributed by atoms with van der Waals surface area (Å²) >= 11 is 0. The molecule has 52 heavy (non-hydrogen) atoms. The fraction of sp³-hybridized carbons (Fsp3) is 0.0588. The van der Waals surface area contributed by atoms with Gasteiger partial charge in [-0.3, -0.25) is 0 Å². The van der Waals surface area contributed by atoms with Crippen molar-refractivity contribution in [1.29, 1.82) is 0 Å². The first-order valence-electron chi connectivity index (χ1n) is 18.2. The zero-order valence-corrected chi connectivity index (χ0v) is 29.3. The molecule has 0 bridgehead atoms. The summed E-state index contributed by atoms with van der Waals surface area (Å²) in [6, 6.07) is 69.4. The molecule has 1 spiro atoms. The second-order valence-corrected chi connectivity index (χ2v) is 14.2. The third kappa shape index (κ3) is 4.42. The van der Waals surface area contributed by atoms with Crippen molar-refractivity contribution in [2.75, 3.05) is 4.90 Å². The van der Waals surface area contributed by atoms with Gasteiger partial charge in [-0.05, 0) is 128 Å². The monoisotopic (exact) mass is 663 g/mol. The molecule has 0 fully saturated rings. The van der Waals surface area contributed by atoms with Gasteiger partial charge in [-0.15, -0.1) is 0 Å². The summed E-state index contributed by atoms with van der Waals surface area (Å²) in [4.78, 5) is 2.47. The number of hydrogen-bond donors (Lipinski definition) is 0. The molecule has 8 aromatic rings. The second kappa shape index (κ2) is 11.8. The Kier molecular flexibility index (Phi) is 6.91. The van der Waals surface area contributed by atoms with E-state index < -0.39 is 0 Å². The van der Waals surface area contributed by atoms with E-state index in [-0.39, 0.29) is 5.41 Å². The Hall–Kier alpha value is -6.44. The predicted molar refractivity (Wildman–Crippen MR) is 218 cm³/mol.